The third kappa shape index (κ3) is 9.62. The monoisotopic (exact) mass is 698 g/mol. The van der Waals surface area contributed by atoms with Gasteiger partial charge in [-0.3, -0.25) is 19.4 Å². The zero-order chi connectivity index (χ0) is 35.5. The van der Waals surface area contributed by atoms with E-state index in [0.717, 1.165) is 12.1 Å². The average molecular weight is 700 g/mol. The lowest BCUT2D eigenvalue weighted by Gasteiger charge is -2.29. The molecule has 12 heteroatoms. The number of hydrogen-bond donors (Lipinski definition) is 0. The molecular formula is C36H34Cl2F2N2O6. The predicted molar refractivity (Wildman–Crippen MR) is 181 cm³/mol. The molecule has 0 aromatic heterocycles. The predicted octanol–water partition coefficient (Wildman–Crippen LogP) is 8.15. The molecule has 0 radical (unpaired) electrons. The van der Waals surface area contributed by atoms with E-state index in [1.165, 1.54) is 48.1 Å². The van der Waals surface area contributed by atoms with Crippen LogP contribution in [0.1, 0.15) is 48.4 Å². The number of benzene rings is 4. The summed E-state index contributed by atoms with van der Waals surface area (Å²) >= 11 is 11.6. The number of rotatable bonds is 9. The quantitative estimate of drug-likeness (QED) is 0.164. The first-order chi connectivity index (χ1) is 22.8. The standard InChI is InChI=1S/C19H19ClFNO3.C17H15ClFNO3/c1-12(2)25-19(24)13(3)22(15-9-10-17(21)16(20)11-15)18(23)14-7-5-4-6-8-14;1-11(17(22)23-2)20(13-8-9-15(19)14(18)10-13)16(21)12-6-4-3-5-7-12/h4-13H,1-3H3;3-11H,1-2H3/t13-;/m1./s1. The highest BCUT2D eigenvalue weighted by Gasteiger charge is 2.31. The van der Waals surface area contributed by atoms with Gasteiger partial charge in [0.05, 0.1) is 23.3 Å². The van der Waals surface area contributed by atoms with Crippen LogP contribution in [0, 0.1) is 11.6 Å². The summed E-state index contributed by atoms with van der Waals surface area (Å²) in [5.74, 6) is -3.17. The van der Waals surface area contributed by atoms with Crippen molar-refractivity contribution in [2.45, 2.75) is 45.9 Å². The van der Waals surface area contributed by atoms with E-state index in [2.05, 4.69) is 0 Å². The third-order valence-electron chi connectivity index (χ3n) is 6.85. The number of amides is 2. The lowest BCUT2D eigenvalue weighted by molar-refractivity contribution is -0.148. The van der Waals surface area contributed by atoms with Gasteiger partial charge in [0.15, 0.2) is 0 Å². The Bertz CT molecular complexity index is 1740. The van der Waals surface area contributed by atoms with Gasteiger partial charge in [0.2, 0.25) is 0 Å². The van der Waals surface area contributed by atoms with Crippen LogP contribution in [-0.2, 0) is 19.1 Å². The Morgan fingerprint density at radius 2 is 0.979 bits per heavy atom. The maximum atomic E-state index is 13.5. The van der Waals surface area contributed by atoms with E-state index in [1.807, 2.05) is 0 Å². The van der Waals surface area contributed by atoms with Crippen molar-refractivity contribution in [2.75, 3.05) is 16.9 Å². The molecule has 0 saturated heterocycles. The van der Waals surface area contributed by atoms with Gasteiger partial charge >= 0.3 is 11.9 Å². The van der Waals surface area contributed by atoms with Gasteiger partial charge in [0, 0.05) is 22.5 Å². The van der Waals surface area contributed by atoms with Crippen LogP contribution in [0.4, 0.5) is 20.2 Å². The Hall–Kier alpha value is -4.80. The molecule has 8 nitrogen and oxygen atoms in total. The van der Waals surface area contributed by atoms with Gasteiger partial charge in [-0.25, -0.2) is 18.4 Å². The van der Waals surface area contributed by atoms with Gasteiger partial charge in [-0.2, -0.15) is 0 Å². The normalized spacial score (nSPS) is 11.8. The van der Waals surface area contributed by atoms with E-state index in [4.69, 9.17) is 32.7 Å². The minimum absolute atomic E-state index is 0.132. The number of anilines is 2. The maximum Gasteiger partial charge on any atom is 0.329 e. The van der Waals surface area contributed by atoms with Crippen LogP contribution in [-0.4, -0.2) is 49.1 Å². The Balaban J connectivity index is 0.000000261. The van der Waals surface area contributed by atoms with Crippen LogP contribution < -0.4 is 9.80 Å². The molecule has 0 bridgehead atoms. The minimum atomic E-state index is -0.906. The first-order valence-electron chi connectivity index (χ1n) is 14.7. The molecule has 0 aliphatic heterocycles. The zero-order valence-corrected chi connectivity index (χ0v) is 28.3. The lowest BCUT2D eigenvalue weighted by Crippen LogP contribution is -2.45. The molecule has 4 rings (SSSR count). The van der Waals surface area contributed by atoms with Crippen LogP contribution in [0.2, 0.25) is 10.0 Å². The Kier molecular flexibility index (Phi) is 13.6. The summed E-state index contributed by atoms with van der Waals surface area (Å²) in [5, 5.41) is -0.266. The Morgan fingerprint density at radius 1 is 0.604 bits per heavy atom. The number of ether oxygens (including phenoxy) is 2. The summed E-state index contributed by atoms with van der Waals surface area (Å²) in [6, 6.07) is 22.9. The fourth-order valence-corrected chi connectivity index (χ4v) is 4.80. The number of esters is 2. The molecular weight excluding hydrogens is 665 g/mol. The second-order valence-electron chi connectivity index (χ2n) is 10.6. The van der Waals surface area contributed by atoms with Crippen LogP contribution in [0.25, 0.3) is 0 Å². The van der Waals surface area contributed by atoms with E-state index in [0.29, 0.717) is 22.5 Å². The molecule has 2 atom stereocenters. The van der Waals surface area contributed by atoms with E-state index < -0.39 is 47.5 Å². The molecule has 0 N–H and O–H groups in total. The van der Waals surface area contributed by atoms with Crippen LogP contribution in [0.3, 0.4) is 0 Å². The maximum absolute atomic E-state index is 13.5. The van der Waals surface area contributed by atoms with Crippen molar-refractivity contribution in [3.8, 4) is 0 Å². The largest absolute Gasteiger partial charge is 0.467 e. The molecule has 48 heavy (non-hydrogen) atoms. The van der Waals surface area contributed by atoms with Crippen molar-refractivity contribution in [2.24, 2.45) is 0 Å². The van der Waals surface area contributed by atoms with Crippen molar-refractivity contribution < 1.29 is 37.4 Å². The summed E-state index contributed by atoms with van der Waals surface area (Å²) in [7, 11) is 1.24. The molecule has 4 aromatic carbocycles. The summed E-state index contributed by atoms with van der Waals surface area (Å²) in [4.78, 5) is 52.4. The Morgan fingerprint density at radius 3 is 1.31 bits per heavy atom. The fraction of sp³-hybridized carbons (Fsp3) is 0.222. The topological polar surface area (TPSA) is 93.2 Å². The summed E-state index contributed by atoms with van der Waals surface area (Å²) in [6.07, 6.45) is -0.319. The molecule has 1 unspecified atom stereocenters. The van der Waals surface area contributed by atoms with Crippen molar-refractivity contribution >= 4 is 58.3 Å². The molecule has 0 aliphatic carbocycles. The van der Waals surface area contributed by atoms with Crippen molar-refractivity contribution in [3.05, 3.63) is 130 Å². The number of carbonyl (C=O) groups is 4. The number of halogens is 4. The Labute approximate surface area is 287 Å². The third-order valence-corrected chi connectivity index (χ3v) is 7.43. The second-order valence-corrected chi connectivity index (χ2v) is 11.5. The summed E-state index contributed by atoms with van der Waals surface area (Å²) in [6.45, 7) is 6.54. The van der Waals surface area contributed by atoms with E-state index in [-0.39, 0.29) is 16.1 Å². The minimum Gasteiger partial charge on any atom is -0.467 e. The summed E-state index contributed by atoms with van der Waals surface area (Å²) < 4.78 is 36.8. The van der Waals surface area contributed by atoms with Gasteiger partial charge in [-0.05, 0) is 88.4 Å². The number of hydrogen-bond acceptors (Lipinski definition) is 6. The molecule has 4 aromatic rings. The SMILES string of the molecule is CC(C)OC(=O)[C@@H](C)N(C(=O)c1ccccc1)c1ccc(F)c(Cl)c1.COC(=O)C(C)N(C(=O)c1ccccc1)c1ccc(F)c(Cl)c1. The zero-order valence-electron chi connectivity index (χ0n) is 26.8. The fourth-order valence-electron chi connectivity index (χ4n) is 4.46. The second kappa shape index (κ2) is 17.4. The first-order valence-corrected chi connectivity index (χ1v) is 15.5. The molecule has 0 spiro atoms. The molecule has 0 saturated carbocycles. The summed E-state index contributed by atoms with van der Waals surface area (Å²) in [5.41, 5.74) is 1.41. The first kappa shape index (κ1) is 37.7. The lowest BCUT2D eigenvalue weighted by atomic mass is 10.1. The van der Waals surface area contributed by atoms with E-state index >= 15 is 0 Å². The van der Waals surface area contributed by atoms with Gasteiger partial charge < -0.3 is 9.47 Å². The van der Waals surface area contributed by atoms with Crippen molar-refractivity contribution in [3.63, 3.8) is 0 Å². The highest BCUT2D eigenvalue weighted by atomic mass is 35.5. The molecule has 2 amide bonds. The van der Waals surface area contributed by atoms with Gasteiger partial charge in [-0.15, -0.1) is 0 Å². The smallest absolute Gasteiger partial charge is 0.329 e. The van der Waals surface area contributed by atoms with Crippen molar-refractivity contribution in [1.29, 1.82) is 0 Å². The molecule has 0 aliphatic rings. The number of methoxy groups -OCH3 is 1. The average Bonchev–Trinajstić information content (AvgIpc) is 3.08. The highest BCUT2D eigenvalue weighted by molar-refractivity contribution is 6.31. The molecule has 0 fully saturated rings. The van der Waals surface area contributed by atoms with E-state index in [1.54, 1.807) is 81.4 Å². The van der Waals surface area contributed by atoms with Crippen LogP contribution in [0.5, 0.6) is 0 Å². The molecule has 252 valence electrons. The van der Waals surface area contributed by atoms with E-state index in [9.17, 15) is 28.0 Å². The number of carbonyl (C=O) groups excluding carboxylic acids is 4. The van der Waals surface area contributed by atoms with Crippen LogP contribution in [0.15, 0.2) is 97.1 Å². The van der Waals surface area contributed by atoms with Gasteiger partial charge in [0.1, 0.15) is 23.7 Å². The van der Waals surface area contributed by atoms with Gasteiger partial charge in [-0.1, -0.05) is 59.6 Å². The van der Waals surface area contributed by atoms with Gasteiger partial charge in [0.25, 0.3) is 11.8 Å². The molecule has 0 heterocycles. The van der Waals surface area contributed by atoms with Crippen molar-refractivity contribution in [1.82, 2.24) is 0 Å². The highest BCUT2D eigenvalue weighted by Crippen LogP contribution is 2.28. The number of nitrogens with zero attached hydrogens (tertiary/aromatic N) is 2. The van der Waals surface area contributed by atoms with Crippen LogP contribution >= 0.6 is 23.2 Å².